The molecule has 150 valence electrons. The topological polar surface area (TPSA) is 90.5 Å². The number of carbonyl (C=O) groups excluding carboxylic acids is 3. The van der Waals surface area contributed by atoms with Crippen LogP contribution in [0, 0.1) is 5.92 Å². The molecule has 7 nitrogen and oxygen atoms in total. The summed E-state index contributed by atoms with van der Waals surface area (Å²) in [6.07, 6.45) is -4.94. The lowest BCUT2D eigenvalue weighted by Gasteiger charge is -2.19. The third-order valence-corrected chi connectivity index (χ3v) is 3.43. The first-order chi connectivity index (χ1) is 12.5. The van der Waals surface area contributed by atoms with Crippen LogP contribution in [0.5, 0.6) is 0 Å². The third-order valence-electron chi connectivity index (χ3n) is 3.43. The highest BCUT2D eigenvalue weighted by Gasteiger charge is 2.41. The van der Waals surface area contributed by atoms with E-state index in [0.717, 1.165) is 7.05 Å². The summed E-state index contributed by atoms with van der Waals surface area (Å²) >= 11 is 0. The molecule has 1 aromatic rings. The quantitative estimate of drug-likeness (QED) is 0.625. The van der Waals surface area contributed by atoms with Gasteiger partial charge in [0.25, 0.3) is 0 Å². The molecule has 1 rings (SSSR count). The van der Waals surface area contributed by atoms with Gasteiger partial charge in [0, 0.05) is 38.3 Å². The number of halogens is 3. The lowest BCUT2D eigenvalue weighted by atomic mass is 10.2. The summed E-state index contributed by atoms with van der Waals surface area (Å²) in [4.78, 5) is 34.9. The lowest BCUT2D eigenvalue weighted by molar-refractivity contribution is -0.184. The van der Waals surface area contributed by atoms with Crippen molar-refractivity contribution >= 4 is 23.5 Å². The molecule has 0 saturated carbocycles. The van der Waals surface area contributed by atoms with Gasteiger partial charge in [0.15, 0.2) is 0 Å². The van der Waals surface area contributed by atoms with Crippen molar-refractivity contribution in [2.75, 3.05) is 25.5 Å². The van der Waals surface area contributed by atoms with Gasteiger partial charge < -0.3 is 20.9 Å². The maximum Gasteiger partial charge on any atom is 0.471 e. The second-order valence-electron chi connectivity index (χ2n) is 6.19. The van der Waals surface area contributed by atoms with Crippen molar-refractivity contribution in [3.8, 4) is 0 Å². The molecular weight excluding hydrogens is 365 g/mol. The minimum atomic E-state index is -4.94. The first kappa shape index (κ1) is 22.3. The number of rotatable bonds is 7. The summed E-state index contributed by atoms with van der Waals surface area (Å²) in [6, 6.07) is 5.62. The predicted molar refractivity (Wildman–Crippen MR) is 93.8 cm³/mol. The zero-order chi connectivity index (χ0) is 20.6. The SMILES string of the molecule is CC(C)C(=O)NCCNC(=O)Nc1cccc(CN(C)C(=O)C(F)(F)F)c1. The summed E-state index contributed by atoms with van der Waals surface area (Å²) < 4.78 is 37.2. The van der Waals surface area contributed by atoms with Crippen molar-refractivity contribution in [3.63, 3.8) is 0 Å². The van der Waals surface area contributed by atoms with Crippen LogP contribution in [-0.4, -0.2) is 49.1 Å². The summed E-state index contributed by atoms with van der Waals surface area (Å²) in [7, 11) is 1.05. The molecule has 3 N–H and O–H groups in total. The molecule has 0 radical (unpaired) electrons. The fourth-order valence-corrected chi connectivity index (χ4v) is 2.05. The number of alkyl halides is 3. The number of benzene rings is 1. The maximum atomic E-state index is 12.4. The third kappa shape index (κ3) is 7.97. The zero-order valence-corrected chi connectivity index (χ0v) is 15.3. The van der Waals surface area contributed by atoms with E-state index in [9.17, 15) is 27.6 Å². The Hall–Kier alpha value is -2.78. The van der Waals surface area contributed by atoms with Gasteiger partial charge in [-0.15, -0.1) is 0 Å². The normalized spacial score (nSPS) is 11.1. The Balaban J connectivity index is 2.50. The highest BCUT2D eigenvalue weighted by atomic mass is 19.4. The number of urea groups is 1. The van der Waals surface area contributed by atoms with Crippen LogP contribution in [0.4, 0.5) is 23.7 Å². The van der Waals surface area contributed by atoms with Gasteiger partial charge in [-0.2, -0.15) is 13.2 Å². The van der Waals surface area contributed by atoms with Crippen LogP contribution in [-0.2, 0) is 16.1 Å². The number of carbonyl (C=O) groups is 3. The molecule has 0 heterocycles. The highest BCUT2D eigenvalue weighted by Crippen LogP contribution is 2.19. The lowest BCUT2D eigenvalue weighted by Crippen LogP contribution is -2.38. The molecule has 27 heavy (non-hydrogen) atoms. The van der Waals surface area contributed by atoms with Gasteiger partial charge in [0.05, 0.1) is 0 Å². The number of amides is 4. The standard InChI is InChI=1S/C17H23F3N4O3/c1-11(2)14(25)21-7-8-22-16(27)23-13-6-4-5-12(9-13)10-24(3)15(26)17(18,19)20/h4-6,9,11H,7-8,10H2,1-3H3,(H,21,25)(H2,22,23,27). The number of hydrogen-bond acceptors (Lipinski definition) is 3. The molecule has 0 atom stereocenters. The molecule has 0 spiro atoms. The van der Waals surface area contributed by atoms with Crippen molar-refractivity contribution in [2.45, 2.75) is 26.6 Å². The number of nitrogens with one attached hydrogen (secondary N) is 3. The van der Waals surface area contributed by atoms with Crippen molar-refractivity contribution in [1.29, 1.82) is 0 Å². The van der Waals surface area contributed by atoms with E-state index >= 15 is 0 Å². The summed E-state index contributed by atoms with van der Waals surface area (Å²) in [6.45, 7) is 3.74. The maximum absolute atomic E-state index is 12.4. The van der Waals surface area contributed by atoms with Crippen LogP contribution in [0.15, 0.2) is 24.3 Å². The average Bonchev–Trinajstić information content (AvgIpc) is 2.57. The number of hydrogen-bond donors (Lipinski definition) is 3. The number of anilines is 1. The van der Waals surface area contributed by atoms with Crippen LogP contribution in [0.2, 0.25) is 0 Å². The molecule has 0 bridgehead atoms. The molecule has 0 aromatic heterocycles. The van der Waals surface area contributed by atoms with Gasteiger partial charge in [-0.05, 0) is 17.7 Å². The van der Waals surface area contributed by atoms with Crippen LogP contribution in [0.1, 0.15) is 19.4 Å². The average molecular weight is 388 g/mol. The van der Waals surface area contributed by atoms with Gasteiger partial charge in [0.2, 0.25) is 5.91 Å². The molecule has 4 amide bonds. The Bertz CT molecular complexity index is 678. The van der Waals surface area contributed by atoms with Gasteiger partial charge in [-0.1, -0.05) is 26.0 Å². The van der Waals surface area contributed by atoms with E-state index in [-0.39, 0.29) is 31.5 Å². The van der Waals surface area contributed by atoms with Gasteiger partial charge in [-0.25, -0.2) is 4.79 Å². The molecule has 0 aliphatic heterocycles. The summed E-state index contributed by atoms with van der Waals surface area (Å²) in [5.74, 6) is -2.21. The molecule has 1 aromatic carbocycles. The molecule has 0 fully saturated rings. The van der Waals surface area contributed by atoms with E-state index in [2.05, 4.69) is 16.0 Å². The van der Waals surface area contributed by atoms with Gasteiger partial charge in [-0.3, -0.25) is 9.59 Å². The van der Waals surface area contributed by atoms with Crippen molar-refractivity contribution in [3.05, 3.63) is 29.8 Å². The largest absolute Gasteiger partial charge is 0.471 e. The molecular formula is C17H23F3N4O3. The Kier molecular flexibility index (Phi) is 8.07. The van der Waals surface area contributed by atoms with Crippen LogP contribution in [0.3, 0.4) is 0 Å². The molecule has 0 aliphatic rings. The summed E-state index contributed by atoms with van der Waals surface area (Å²) in [5, 5.41) is 7.73. The highest BCUT2D eigenvalue weighted by molar-refractivity contribution is 5.89. The predicted octanol–water partition coefficient (Wildman–Crippen LogP) is 2.10. The van der Waals surface area contributed by atoms with E-state index in [1.807, 2.05) is 0 Å². The van der Waals surface area contributed by atoms with Crippen LogP contribution in [0.25, 0.3) is 0 Å². The van der Waals surface area contributed by atoms with Gasteiger partial charge >= 0.3 is 18.1 Å². The fraction of sp³-hybridized carbons (Fsp3) is 0.471. The molecule has 0 saturated heterocycles. The van der Waals surface area contributed by atoms with E-state index in [1.54, 1.807) is 32.0 Å². The fourth-order valence-electron chi connectivity index (χ4n) is 2.05. The summed E-state index contributed by atoms with van der Waals surface area (Å²) in [5.41, 5.74) is 0.793. The number of nitrogens with zero attached hydrogens (tertiary/aromatic N) is 1. The first-order valence-corrected chi connectivity index (χ1v) is 8.24. The second kappa shape index (κ2) is 9.79. The van der Waals surface area contributed by atoms with E-state index in [4.69, 9.17) is 0 Å². The first-order valence-electron chi connectivity index (χ1n) is 8.24. The Morgan fingerprint density at radius 1 is 1.11 bits per heavy atom. The Morgan fingerprint density at radius 3 is 2.33 bits per heavy atom. The second-order valence-corrected chi connectivity index (χ2v) is 6.19. The Morgan fingerprint density at radius 2 is 1.74 bits per heavy atom. The van der Waals surface area contributed by atoms with E-state index in [1.165, 1.54) is 6.07 Å². The Labute approximate surface area is 155 Å². The molecule has 10 heteroatoms. The van der Waals surface area contributed by atoms with E-state index in [0.29, 0.717) is 16.2 Å². The van der Waals surface area contributed by atoms with E-state index < -0.39 is 18.1 Å². The van der Waals surface area contributed by atoms with Crippen LogP contribution >= 0.6 is 0 Å². The molecule has 0 aliphatic carbocycles. The van der Waals surface area contributed by atoms with Gasteiger partial charge in [0.1, 0.15) is 0 Å². The van der Waals surface area contributed by atoms with Crippen molar-refractivity contribution in [2.24, 2.45) is 5.92 Å². The minimum Gasteiger partial charge on any atom is -0.354 e. The van der Waals surface area contributed by atoms with Crippen molar-refractivity contribution in [1.82, 2.24) is 15.5 Å². The van der Waals surface area contributed by atoms with Crippen LogP contribution < -0.4 is 16.0 Å². The smallest absolute Gasteiger partial charge is 0.354 e. The van der Waals surface area contributed by atoms with Crippen molar-refractivity contribution < 1.29 is 27.6 Å². The monoisotopic (exact) mass is 388 g/mol. The molecule has 0 unspecified atom stereocenters. The zero-order valence-electron chi connectivity index (χ0n) is 15.3. The minimum absolute atomic E-state index is 0.123.